The molecule has 0 unspecified atom stereocenters. The molecule has 28 heavy (non-hydrogen) atoms. The Balaban J connectivity index is 2.55. The second-order valence-electron chi connectivity index (χ2n) is 7.71. The molecule has 1 heterocycles. The van der Waals surface area contributed by atoms with Gasteiger partial charge in [-0.05, 0) is 51.6 Å². The highest BCUT2D eigenvalue weighted by molar-refractivity contribution is 7.89. The Bertz CT molecular complexity index is 779. The first-order valence-electron chi connectivity index (χ1n) is 9.99. The van der Waals surface area contributed by atoms with E-state index in [4.69, 9.17) is 4.74 Å². The molecule has 2 rings (SSSR count). The third kappa shape index (κ3) is 5.14. The number of aliphatic hydroxyl groups is 1. The van der Waals surface area contributed by atoms with Crippen molar-refractivity contribution in [1.82, 2.24) is 9.21 Å². The maximum Gasteiger partial charge on any atom is 0.247 e. The summed E-state index contributed by atoms with van der Waals surface area (Å²) in [6, 6.07) is 4.69. The van der Waals surface area contributed by atoms with Gasteiger partial charge in [0.1, 0.15) is 16.7 Å². The zero-order valence-corrected chi connectivity index (χ0v) is 18.4. The van der Waals surface area contributed by atoms with E-state index >= 15 is 0 Å². The molecule has 0 fully saturated rings. The normalized spacial score (nSPS) is 23.8. The first-order valence-corrected chi connectivity index (χ1v) is 11.4. The molecule has 0 bridgehead atoms. The van der Waals surface area contributed by atoms with Crippen LogP contribution in [0, 0.1) is 5.92 Å². The largest absolute Gasteiger partial charge is 0.487 e. The number of aliphatic hydroxyl groups excluding tert-OH is 1. The number of hydrogen-bond donors (Lipinski definition) is 1. The molecule has 158 valence electrons. The van der Waals surface area contributed by atoms with Crippen LogP contribution in [0.15, 0.2) is 29.2 Å². The number of nitrogens with zero attached hydrogens (tertiary/aromatic N) is 2. The molecule has 1 aliphatic rings. The van der Waals surface area contributed by atoms with Crippen LogP contribution in [0.5, 0.6) is 5.75 Å². The molecule has 1 aromatic carbocycles. The van der Waals surface area contributed by atoms with Gasteiger partial charge in [0.05, 0.1) is 6.61 Å². The van der Waals surface area contributed by atoms with Crippen LogP contribution in [-0.4, -0.2) is 68.2 Å². The second kappa shape index (κ2) is 9.87. The zero-order chi connectivity index (χ0) is 20.9. The van der Waals surface area contributed by atoms with Crippen LogP contribution in [-0.2, 0) is 10.0 Å². The van der Waals surface area contributed by atoms with Crippen LogP contribution >= 0.6 is 0 Å². The summed E-state index contributed by atoms with van der Waals surface area (Å²) in [6.45, 7) is 9.55. The van der Waals surface area contributed by atoms with Crippen molar-refractivity contribution < 1.29 is 18.3 Å². The monoisotopic (exact) mass is 410 g/mol. The van der Waals surface area contributed by atoms with E-state index in [1.54, 1.807) is 25.1 Å². The van der Waals surface area contributed by atoms with Crippen molar-refractivity contribution in [3.63, 3.8) is 0 Å². The summed E-state index contributed by atoms with van der Waals surface area (Å²) in [4.78, 5) is 2.38. The predicted molar refractivity (Wildman–Crippen MR) is 113 cm³/mol. The molecule has 7 heteroatoms. The lowest BCUT2D eigenvalue weighted by Gasteiger charge is -2.37. The fourth-order valence-electron chi connectivity index (χ4n) is 3.54. The molecule has 0 amide bonds. The number of likely N-dealkylation sites (N-methyl/N-ethyl adjacent to an activating group) is 1. The van der Waals surface area contributed by atoms with Gasteiger partial charge < -0.3 is 14.7 Å². The maximum absolute atomic E-state index is 13.3. The minimum atomic E-state index is -3.77. The second-order valence-corrected chi connectivity index (χ2v) is 9.57. The highest BCUT2D eigenvalue weighted by Crippen LogP contribution is 2.34. The van der Waals surface area contributed by atoms with Crippen molar-refractivity contribution in [2.24, 2.45) is 5.92 Å². The summed E-state index contributed by atoms with van der Waals surface area (Å²) in [5, 5.41) is 9.66. The molecule has 1 aliphatic heterocycles. The molecular formula is C21H34N2O4S. The highest BCUT2D eigenvalue weighted by Gasteiger charge is 2.37. The molecule has 0 spiro atoms. The van der Waals surface area contributed by atoms with E-state index in [2.05, 4.69) is 18.9 Å². The van der Waals surface area contributed by atoms with Crippen LogP contribution in [0.3, 0.4) is 0 Å². The lowest BCUT2D eigenvalue weighted by molar-refractivity contribution is 0.0752. The first kappa shape index (κ1) is 22.9. The van der Waals surface area contributed by atoms with E-state index in [1.807, 2.05) is 26.0 Å². The summed E-state index contributed by atoms with van der Waals surface area (Å²) >= 11 is 0. The highest BCUT2D eigenvalue weighted by atomic mass is 32.2. The maximum atomic E-state index is 13.3. The predicted octanol–water partition coefficient (Wildman–Crippen LogP) is 2.83. The van der Waals surface area contributed by atoms with E-state index in [9.17, 15) is 13.5 Å². The van der Waals surface area contributed by atoms with Gasteiger partial charge in [-0.1, -0.05) is 32.1 Å². The summed E-state index contributed by atoms with van der Waals surface area (Å²) in [6.07, 6.45) is 4.72. The average molecular weight is 411 g/mol. The van der Waals surface area contributed by atoms with Crippen molar-refractivity contribution in [2.75, 3.05) is 33.3 Å². The van der Waals surface area contributed by atoms with Crippen molar-refractivity contribution in [1.29, 1.82) is 0 Å². The van der Waals surface area contributed by atoms with Crippen molar-refractivity contribution >= 4 is 16.1 Å². The molecule has 6 nitrogen and oxygen atoms in total. The van der Waals surface area contributed by atoms with Crippen LogP contribution < -0.4 is 4.74 Å². The molecule has 1 N–H and O–H groups in total. The molecular weight excluding hydrogens is 376 g/mol. The Hall–Kier alpha value is -1.41. The molecule has 1 aromatic rings. The van der Waals surface area contributed by atoms with E-state index in [1.165, 1.54) is 4.31 Å². The number of hydrogen-bond acceptors (Lipinski definition) is 5. The number of sulfonamides is 1. The number of benzene rings is 1. The fraction of sp³-hybridized carbons (Fsp3) is 0.619. The smallest absolute Gasteiger partial charge is 0.247 e. The van der Waals surface area contributed by atoms with E-state index in [-0.39, 0.29) is 23.5 Å². The molecule has 0 radical (unpaired) electrons. The number of fused-ring (bicyclic) bond motifs is 1. The van der Waals surface area contributed by atoms with Gasteiger partial charge in [0.2, 0.25) is 10.0 Å². The Morgan fingerprint density at radius 3 is 2.75 bits per heavy atom. The van der Waals surface area contributed by atoms with Gasteiger partial charge in [-0.3, -0.25) is 0 Å². The molecule has 3 atom stereocenters. The van der Waals surface area contributed by atoms with Gasteiger partial charge >= 0.3 is 0 Å². The number of allylic oxidation sites excluding steroid dienone is 1. The quantitative estimate of drug-likeness (QED) is 0.749. The minimum Gasteiger partial charge on any atom is -0.487 e. The van der Waals surface area contributed by atoms with Gasteiger partial charge in [0.15, 0.2) is 0 Å². The number of ether oxygens (including phenoxy) is 1. The van der Waals surface area contributed by atoms with Crippen LogP contribution in [0.4, 0.5) is 0 Å². The summed E-state index contributed by atoms with van der Waals surface area (Å²) in [5.74, 6) is 0.355. The summed E-state index contributed by atoms with van der Waals surface area (Å²) < 4.78 is 34.4. The lowest BCUT2D eigenvalue weighted by Crippen LogP contribution is -2.49. The summed E-state index contributed by atoms with van der Waals surface area (Å²) in [5.41, 5.74) is 0.895. The Kier molecular flexibility index (Phi) is 8.07. The van der Waals surface area contributed by atoms with Gasteiger partial charge in [-0.2, -0.15) is 4.31 Å². The van der Waals surface area contributed by atoms with Crippen LogP contribution in [0.2, 0.25) is 0 Å². The number of rotatable bonds is 7. The Labute approximate surface area is 169 Å². The van der Waals surface area contributed by atoms with Crippen LogP contribution in [0.1, 0.15) is 39.7 Å². The third-order valence-corrected chi connectivity index (χ3v) is 7.17. The minimum absolute atomic E-state index is 0.0263. The SMILES string of the molecule is C/C=C/c1ccc2c(c1)O[C@H](CN(C)CCC)[C@H](C)CN([C@H](C)CO)S2(=O)=O. The van der Waals surface area contributed by atoms with Gasteiger partial charge in [-0.25, -0.2) is 8.42 Å². The standard InChI is InChI=1S/C21H34N2O4S/c1-6-8-18-9-10-21-19(12-18)27-20(14-22(5)11-7-2)16(3)13-23(17(4)15-24)28(21,25)26/h6,8-10,12,16-17,20,24H,7,11,13-15H2,1-5H3/b8-6+/t16-,17-,20-/m1/s1. The third-order valence-electron chi connectivity index (χ3n) is 5.15. The van der Waals surface area contributed by atoms with Crippen molar-refractivity contribution in [2.45, 2.75) is 51.2 Å². The average Bonchev–Trinajstić information content (AvgIpc) is 2.64. The zero-order valence-electron chi connectivity index (χ0n) is 17.6. The van der Waals surface area contributed by atoms with Crippen molar-refractivity contribution in [3.05, 3.63) is 29.8 Å². The van der Waals surface area contributed by atoms with E-state index in [0.29, 0.717) is 18.8 Å². The first-order chi connectivity index (χ1) is 13.2. The van der Waals surface area contributed by atoms with Crippen molar-refractivity contribution in [3.8, 4) is 5.75 Å². The molecule has 0 aliphatic carbocycles. The van der Waals surface area contributed by atoms with Gasteiger partial charge in [-0.15, -0.1) is 0 Å². The molecule has 0 aromatic heterocycles. The Morgan fingerprint density at radius 1 is 1.43 bits per heavy atom. The van der Waals surface area contributed by atoms with E-state index < -0.39 is 16.1 Å². The van der Waals surface area contributed by atoms with Gasteiger partial charge in [0.25, 0.3) is 0 Å². The van der Waals surface area contributed by atoms with E-state index in [0.717, 1.165) is 18.5 Å². The van der Waals surface area contributed by atoms with Crippen LogP contribution in [0.25, 0.3) is 6.08 Å². The molecule has 0 saturated carbocycles. The van der Waals surface area contributed by atoms with Gasteiger partial charge in [0, 0.05) is 25.0 Å². The fourth-order valence-corrected chi connectivity index (χ4v) is 5.36. The Morgan fingerprint density at radius 2 is 2.14 bits per heavy atom. The topological polar surface area (TPSA) is 70.1 Å². The summed E-state index contributed by atoms with van der Waals surface area (Å²) in [7, 11) is -1.71. The molecule has 0 saturated heterocycles. The lowest BCUT2D eigenvalue weighted by atomic mass is 10.0.